The average molecular weight is 1510 g/mol. The van der Waals surface area contributed by atoms with Gasteiger partial charge in [-0.1, -0.05) is 278 Å². The van der Waals surface area contributed by atoms with Crippen LogP contribution >= 0.6 is 0 Å². The zero-order valence-electron chi connectivity index (χ0n) is 73.7. The summed E-state index contributed by atoms with van der Waals surface area (Å²) >= 11 is 0. The number of fused-ring (bicyclic) bond motifs is 13. The third kappa shape index (κ3) is 11.5. The molecule has 0 saturated carbocycles. The van der Waals surface area contributed by atoms with Crippen molar-refractivity contribution in [1.29, 1.82) is 0 Å². The second-order valence-corrected chi connectivity index (χ2v) is 33.1. The summed E-state index contributed by atoms with van der Waals surface area (Å²) in [6.07, 6.45) is 0. The molecule has 0 radical (unpaired) electrons. The predicted octanol–water partition coefficient (Wildman–Crippen LogP) is 27.8. The van der Waals surface area contributed by atoms with Crippen LogP contribution in [0, 0.1) is 0 Å². The molecule has 7 heteroatoms. The van der Waals surface area contributed by atoms with E-state index >= 15 is 0 Å². The Kier molecular flexibility index (Phi) is 14.2. The molecule has 5 heterocycles. The monoisotopic (exact) mass is 1510 g/mol. The van der Waals surface area contributed by atoms with Gasteiger partial charge in [0.25, 0.3) is 6.71 Å². The van der Waals surface area contributed by atoms with E-state index < -0.39 is 43.0 Å². The van der Waals surface area contributed by atoms with E-state index in [4.69, 9.17) is 2.74 Å². The van der Waals surface area contributed by atoms with Crippen LogP contribution in [0.1, 0.15) is 63.6 Å². The first-order valence-electron chi connectivity index (χ1n) is 44.2. The number of rotatable bonds is 12. The molecule has 6 nitrogen and oxygen atoms in total. The Bertz CT molecular complexity index is 7550. The molecule has 0 fully saturated rings. The third-order valence-electron chi connectivity index (χ3n) is 24.1. The summed E-state index contributed by atoms with van der Waals surface area (Å²) in [7, 11) is 0. The molecule has 0 unspecified atom stereocenters. The second kappa shape index (κ2) is 27.2. The minimum absolute atomic E-state index is 0.000390. The third-order valence-corrected chi connectivity index (χ3v) is 24.1. The maximum atomic E-state index is 9.95. The first-order chi connectivity index (χ1) is 60.6. The molecule has 0 bridgehead atoms. The Balaban J connectivity index is 0.906. The largest absolute Gasteiger partial charge is 0.311 e. The summed E-state index contributed by atoms with van der Waals surface area (Å²) in [5.41, 5.74) is 27.8. The van der Waals surface area contributed by atoms with Crippen molar-refractivity contribution in [1.82, 2.24) is 13.7 Å². The Morgan fingerprint density at radius 2 is 0.598 bits per heavy atom. The summed E-state index contributed by atoms with van der Waals surface area (Å²) in [6.45, 7) is 13.1. The van der Waals surface area contributed by atoms with Crippen molar-refractivity contribution >= 4 is 140 Å². The molecular formula is C110H83BN6. The molecule has 20 aromatic rings. The highest BCUT2D eigenvalue weighted by molar-refractivity contribution is 7.00. The van der Waals surface area contributed by atoms with Crippen molar-refractivity contribution < 1.29 is 11.0 Å². The number of benzene rings is 17. The number of para-hydroxylation sites is 5. The topological polar surface area (TPSA) is 24.5 Å². The number of hydrogen-bond donors (Lipinski definition) is 0. The van der Waals surface area contributed by atoms with E-state index in [0.717, 1.165) is 167 Å². The zero-order chi connectivity index (χ0) is 85.3. The van der Waals surface area contributed by atoms with E-state index in [1.54, 1.807) is 4.57 Å². The van der Waals surface area contributed by atoms with Crippen LogP contribution in [0.5, 0.6) is 0 Å². The van der Waals surface area contributed by atoms with Gasteiger partial charge in [-0.2, -0.15) is 0 Å². The van der Waals surface area contributed by atoms with Gasteiger partial charge in [0.2, 0.25) is 0 Å². The van der Waals surface area contributed by atoms with E-state index in [2.05, 4.69) is 393 Å². The fraction of sp³-hybridized carbons (Fsp3) is 0.0727. The highest BCUT2D eigenvalue weighted by atomic mass is 15.2. The molecule has 0 spiro atoms. The van der Waals surface area contributed by atoms with Gasteiger partial charge in [0.1, 0.15) is 0 Å². The van der Waals surface area contributed by atoms with Crippen molar-refractivity contribution in [3.05, 3.63) is 405 Å². The minimum atomic E-state index is -0.552. The Morgan fingerprint density at radius 3 is 1.03 bits per heavy atom. The van der Waals surface area contributed by atoms with Gasteiger partial charge in [0.15, 0.2) is 0 Å². The van der Waals surface area contributed by atoms with Crippen molar-refractivity contribution in [2.45, 2.75) is 52.4 Å². The van der Waals surface area contributed by atoms with Crippen LogP contribution in [0.2, 0.25) is 0 Å². The highest BCUT2D eigenvalue weighted by Crippen LogP contribution is 2.52. The normalized spacial score (nSPS) is 13.6. The van der Waals surface area contributed by atoms with E-state index in [1.807, 2.05) is 18.2 Å². The maximum Gasteiger partial charge on any atom is 0.252 e. The molecule has 2 aliphatic heterocycles. The van der Waals surface area contributed by atoms with Gasteiger partial charge in [-0.25, -0.2) is 0 Å². The van der Waals surface area contributed by atoms with E-state index in [-0.39, 0.29) is 44.7 Å². The number of hydrogen-bond acceptors (Lipinski definition) is 3. The summed E-state index contributed by atoms with van der Waals surface area (Å²) in [5, 5.41) is 4.43. The van der Waals surface area contributed by atoms with E-state index in [9.17, 15) is 8.22 Å². The highest BCUT2D eigenvalue weighted by Gasteiger charge is 2.45. The van der Waals surface area contributed by atoms with Crippen LogP contribution in [-0.2, 0) is 10.8 Å². The van der Waals surface area contributed by atoms with Crippen LogP contribution in [0.3, 0.4) is 0 Å². The van der Waals surface area contributed by atoms with Gasteiger partial charge in [-0.15, -0.1) is 0 Å². The Morgan fingerprint density at radius 1 is 0.248 bits per heavy atom. The fourth-order valence-corrected chi connectivity index (χ4v) is 18.5. The van der Waals surface area contributed by atoms with E-state index in [1.165, 1.54) is 11.1 Å². The predicted molar refractivity (Wildman–Crippen MR) is 497 cm³/mol. The molecule has 22 rings (SSSR count). The molecular weight excluding hydrogens is 1420 g/mol. The van der Waals surface area contributed by atoms with Gasteiger partial charge in [0.05, 0.1) is 49.8 Å². The molecule has 3 aromatic heterocycles. The standard InChI is InChI=1S/C110H83BN6/c1-109(2,3)80-49-56-101-93(65-80)94-66-81(110(4,5)6)50-57-102(94)115(101)89-70-106-108-107(71-89)117(88-63-78(74-35-17-9-18-36-74)60-79(64-88)75-37-19-10-20-38-75)105-69-86(114-100-48-30-27-45-92(100)95-67-84(53-58-103(95)114)112(82-39-21-11-22-40-82)83-41-23-12-24-42-83)52-55-97(105)111(108)96-54-51-85(113-98-46-28-25-43-90(98)91-44-26-29-47-99(91)113)68-104(96)116(106)87-61-76(72-31-13-7-14-32-72)59-77(62-87)73-33-15-8-16-34-73/h7-71H,1-6H3/i25D,26D,28D,29D,43D,44D,46D,47D. The lowest BCUT2D eigenvalue weighted by atomic mass is 9.33. The molecule has 17 aromatic carbocycles. The van der Waals surface area contributed by atoms with Crippen LogP contribution < -0.4 is 31.1 Å². The molecule has 0 saturated heterocycles. The van der Waals surface area contributed by atoms with Crippen LogP contribution in [0.4, 0.5) is 51.2 Å². The van der Waals surface area contributed by atoms with Gasteiger partial charge >= 0.3 is 0 Å². The summed E-state index contributed by atoms with van der Waals surface area (Å²) < 4.78 is 82.9. The smallest absolute Gasteiger partial charge is 0.252 e. The lowest BCUT2D eigenvalue weighted by Crippen LogP contribution is -2.61. The number of anilines is 9. The second-order valence-electron chi connectivity index (χ2n) is 33.1. The first-order valence-corrected chi connectivity index (χ1v) is 40.2. The van der Waals surface area contributed by atoms with Crippen molar-refractivity contribution in [3.8, 4) is 61.6 Å². The summed E-state index contributed by atoms with van der Waals surface area (Å²) in [5.74, 6) is 0. The molecule has 117 heavy (non-hydrogen) atoms. The first kappa shape index (κ1) is 61.2. The molecule has 556 valence electrons. The molecule has 0 aliphatic carbocycles. The summed E-state index contributed by atoms with van der Waals surface area (Å²) in [6, 6.07) is 121. The zero-order valence-corrected chi connectivity index (χ0v) is 65.7. The van der Waals surface area contributed by atoms with Crippen molar-refractivity contribution in [2.24, 2.45) is 0 Å². The van der Waals surface area contributed by atoms with Crippen molar-refractivity contribution in [3.63, 3.8) is 0 Å². The maximum absolute atomic E-state index is 9.95. The van der Waals surface area contributed by atoms with Gasteiger partial charge in [0, 0.05) is 94.9 Å². The van der Waals surface area contributed by atoms with Gasteiger partial charge < -0.3 is 28.4 Å². The Labute approximate surface area is 694 Å². The van der Waals surface area contributed by atoms with Crippen molar-refractivity contribution in [2.75, 3.05) is 14.7 Å². The summed E-state index contributed by atoms with van der Waals surface area (Å²) in [4.78, 5) is 7.26. The number of nitrogens with zero attached hydrogens (tertiary/aromatic N) is 6. The van der Waals surface area contributed by atoms with Gasteiger partial charge in [-0.3, -0.25) is 0 Å². The molecule has 0 N–H and O–H groups in total. The molecule has 0 atom stereocenters. The lowest BCUT2D eigenvalue weighted by Gasteiger charge is -2.45. The Hall–Kier alpha value is -14.4. The van der Waals surface area contributed by atoms with Gasteiger partial charge in [-0.05, 0) is 241 Å². The lowest BCUT2D eigenvalue weighted by molar-refractivity contribution is 0.590. The minimum Gasteiger partial charge on any atom is -0.311 e. The van der Waals surface area contributed by atoms with Crippen LogP contribution in [0.15, 0.2) is 394 Å². The number of aromatic nitrogens is 3. The average Bonchev–Trinajstić information content (AvgIpc) is 1.67. The SMILES string of the molecule is [2H]c1c([2H])c([2H])c2c(c1[2H])c1c([2H])c([2H])c([2H])c([2H])c1n2-c1ccc2c(c1)N(c1cc(-c3ccccc3)cc(-c3ccccc3)c1)c1cc(-n3c4ccc(C(C)(C)C)cc4c4cc(C(C)(C)C)ccc43)cc3c1B2c1ccc(-n2c4ccccc4c4cc(N(c5ccccc5)c5ccccc5)ccc42)cc1N3c1cc(-c2ccccc2)cc(-c2ccccc2)c1. The van der Waals surface area contributed by atoms with E-state index in [0.29, 0.717) is 5.69 Å². The van der Waals surface area contributed by atoms with Crippen LogP contribution in [0.25, 0.3) is 127 Å². The van der Waals surface area contributed by atoms with Crippen LogP contribution in [-0.4, -0.2) is 20.4 Å². The molecule has 0 amide bonds. The quantitative estimate of drug-likeness (QED) is 0.114. The molecule has 2 aliphatic rings. The fourth-order valence-electron chi connectivity index (χ4n) is 18.5.